The van der Waals surface area contributed by atoms with Gasteiger partial charge in [-0.15, -0.1) is 10.5 Å². The maximum atomic E-state index is 5.73. The van der Waals surface area contributed by atoms with E-state index in [9.17, 15) is 0 Å². The van der Waals surface area contributed by atoms with Gasteiger partial charge in [0, 0.05) is 30.8 Å². The van der Waals surface area contributed by atoms with Crippen LogP contribution in [0.3, 0.4) is 0 Å². The van der Waals surface area contributed by atoms with Crippen molar-refractivity contribution in [2.75, 3.05) is 70.2 Å². The summed E-state index contributed by atoms with van der Waals surface area (Å²) in [6, 6.07) is 0. The van der Waals surface area contributed by atoms with Crippen molar-refractivity contribution >= 4 is 0 Å². The summed E-state index contributed by atoms with van der Waals surface area (Å²) in [6.07, 6.45) is 0. The predicted molar refractivity (Wildman–Crippen MR) is 69.4 cm³/mol. The molecule has 0 atom stereocenters. The van der Waals surface area contributed by atoms with Gasteiger partial charge in [0.05, 0.1) is 14.7 Å². The Balaban J connectivity index is 4.56. The second-order valence-corrected chi connectivity index (χ2v) is 5.34. The summed E-state index contributed by atoms with van der Waals surface area (Å²) in [5, 5.41) is 1.50. The summed E-state index contributed by atoms with van der Waals surface area (Å²) in [6.45, 7) is 0.309. The van der Waals surface area contributed by atoms with E-state index < -0.39 is 0 Å². The topological polar surface area (TPSA) is 61.4 Å². The molecule has 0 spiro atoms. The average molecular weight is 300 g/mol. The van der Waals surface area contributed by atoms with E-state index in [1.165, 1.54) is 5.06 Å². The van der Waals surface area contributed by atoms with Gasteiger partial charge in [-0.05, 0) is 0 Å². The minimum Gasteiger partial charge on any atom is -0.367 e. The van der Waals surface area contributed by atoms with Gasteiger partial charge in [-0.1, -0.05) is 9.88 Å². The van der Waals surface area contributed by atoms with Gasteiger partial charge >= 0.3 is 0 Å². The molecule has 0 aliphatic rings. The second kappa shape index (κ2) is 7.56. The Morgan fingerprint density at radius 2 is 1.40 bits per heavy atom. The van der Waals surface area contributed by atoms with Gasteiger partial charge in [0.15, 0.2) is 0 Å². The maximum absolute atomic E-state index is 5.73. The van der Waals surface area contributed by atoms with E-state index in [-0.39, 0.29) is 14.4 Å². The molecule has 0 aromatic carbocycles. The molecular formula is C10H30N5O5+3. The molecule has 0 saturated heterocycles. The molecule has 0 amide bonds. The van der Waals surface area contributed by atoms with Crippen molar-refractivity contribution < 1.29 is 38.9 Å². The zero-order valence-corrected chi connectivity index (χ0v) is 14.0. The van der Waals surface area contributed by atoms with Crippen LogP contribution in [-0.2, 0) is 24.5 Å². The zero-order valence-electron chi connectivity index (χ0n) is 14.0. The number of nitrogens with one attached hydrogen (secondary N) is 1. The van der Waals surface area contributed by atoms with Gasteiger partial charge in [0.25, 0.3) is 0 Å². The second-order valence-electron chi connectivity index (χ2n) is 5.34. The van der Waals surface area contributed by atoms with Crippen molar-refractivity contribution in [2.24, 2.45) is 0 Å². The van der Waals surface area contributed by atoms with E-state index >= 15 is 0 Å². The number of rotatable bonds is 10. The number of hydrogen-bond acceptors (Lipinski definition) is 7. The summed E-state index contributed by atoms with van der Waals surface area (Å²) in [5.41, 5.74) is 2.56. The molecule has 0 rings (SSSR count). The number of methoxy groups -OCH3 is 1. The van der Waals surface area contributed by atoms with Gasteiger partial charge in [-0.2, -0.15) is 0 Å². The molecule has 0 bridgehead atoms. The predicted octanol–water partition coefficient (Wildman–Crippen LogP) is -0.643. The molecule has 20 heavy (non-hydrogen) atoms. The first-order chi connectivity index (χ1) is 8.93. The normalized spacial score (nSPS) is 14.1. The molecule has 0 aromatic heterocycles. The minimum atomic E-state index is -0.261. The highest BCUT2D eigenvalue weighted by molar-refractivity contribution is 4.10. The highest BCUT2D eigenvalue weighted by atomic mass is 17.3. The molecule has 0 radical (unpaired) electrons. The summed E-state index contributed by atoms with van der Waals surface area (Å²) in [4.78, 5) is 21.4. The number of quaternary nitrogens is 3. The molecule has 1 N–H and O–H groups in total. The Morgan fingerprint density at radius 3 is 1.85 bits per heavy atom. The minimum absolute atomic E-state index is 0.211. The Bertz CT molecular complexity index is 287. The van der Waals surface area contributed by atoms with Gasteiger partial charge in [-0.3, -0.25) is 0 Å². The van der Waals surface area contributed by atoms with Crippen LogP contribution in [0.1, 0.15) is 0 Å². The largest absolute Gasteiger partial charge is 0.367 e. The first kappa shape index (κ1) is 19.6. The van der Waals surface area contributed by atoms with Gasteiger partial charge in [0.1, 0.15) is 49.0 Å². The van der Waals surface area contributed by atoms with Crippen LogP contribution in [0.25, 0.3) is 0 Å². The smallest absolute Gasteiger partial charge is 0.144 e. The van der Waals surface area contributed by atoms with Gasteiger partial charge in [-0.25, -0.2) is 0 Å². The summed E-state index contributed by atoms with van der Waals surface area (Å²) in [7, 11) is 15.2. The first-order valence-corrected chi connectivity index (χ1v) is 6.13. The molecule has 10 nitrogen and oxygen atoms in total. The zero-order chi connectivity index (χ0) is 16.0. The van der Waals surface area contributed by atoms with E-state index in [0.717, 1.165) is 0 Å². The van der Waals surface area contributed by atoms with Crippen molar-refractivity contribution in [3.8, 4) is 0 Å². The monoisotopic (exact) mass is 300 g/mol. The van der Waals surface area contributed by atoms with Crippen LogP contribution in [0.5, 0.6) is 0 Å². The molecule has 0 saturated carbocycles. The van der Waals surface area contributed by atoms with Crippen LogP contribution in [0.2, 0.25) is 0 Å². The summed E-state index contributed by atoms with van der Waals surface area (Å²) in [5.74, 6) is 0. The van der Waals surface area contributed by atoms with Crippen molar-refractivity contribution in [2.45, 2.75) is 0 Å². The van der Waals surface area contributed by atoms with Crippen LogP contribution in [0.4, 0.5) is 0 Å². The summed E-state index contributed by atoms with van der Waals surface area (Å²) >= 11 is 0. The van der Waals surface area contributed by atoms with Crippen LogP contribution < -0.4 is 5.48 Å². The molecule has 0 aliphatic heterocycles. The van der Waals surface area contributed by atoms with Crippen LogP contribution >= 0.6 is 0 Å². The Kier molecular flexibility index (Phi) is 7.41. The van der Waals surface area contributed by atoms with Crippen molar-refractivity contribution in [3.63, 3.8) is 0 Å². The standard InChI is InChI=1S/C10H30N5O5/c1-11-17-13(3,4)19-15(7,8)20-14(5,6)18-12(2)10-16-9/h11H,10H2,1-9H3/q+3. The quantitative estimate of drug-likeness (QED) is 0.327. The number of nitrogens with zero attached hydrogens (tertiary/aromatic N) is 4. The fourth-order valence-electron chi connectivity index (χ4n) is 1.75. The lowest BCUT2D eigenvalue weighted by molar-refractivity contribution is -1.53. The fourth-order valence-corrected chi connectivity index (χ4v) is 1.75. The average Bonchev–Trinajstić information content (AvgIpc) is 2.11. The Labute approximate surface area is 120 Å². The van der Waals surface area contributed by atoms with Crippen LogP contribution in [0.15, 0.2) is 0 Å². The molecule has 10 heteroatoms. The molecule has 0 unspecified atom stereocenters. The van der Waals surface area contributed by atoms with E-state index in [4.69, 9.17) is 24.5 Å². The third-order valence-corrected chi connectivity index (χ3v) is 1.74. The highest BCUT2D eigenvalue weighted by Gasteiger charge is 2.43. The lowest BCUT2D eigenvalue weighted by Crippen LogP contribution is -2.60. The van der Waals surface area contributed by atoms with Crippen molar-refractivity contribution in [3.05, 3.63) is 0 Å². The SMILES string of the molecule is CNO[N+](C)(C)O[N+](C)(C)O[N+](C)(C)ON(C)COC. The van der Waals surface area contributed by atoms with Gasteiger partial charge < -0.3 is 4.74 Å². The highest BCUT2D eigenvalue weighted by Crippen LogP contribution is 2.15. The van der Waals surface area contributed by atoms with Crippen molar-refractivity contribution in [1.29, 1.82) is 0 Å². The Morgan fingerprint density at radius 1 is 0.900 bits per heavy atom. The molecule has 122 valence electrons. The Hall–Kier alpha value is -0.400. The van der Waals surface area contributed by atoms with Crippen molar-refractivity contribution in [1.82, 2.24) is 10.5 Å². The molecule has 0 aliphatic carbocycles. The molecule has 0 aromatic rings. The third-order valence-electron chi connectivity index (χ3n) is 1.74. The lowest BCUT2D eigenvalue weighted by Gasteiger charge is -2.32. The molecular weight excluding hydrogens is 270 g/mol. The van der Waals surface area contributed by atoms with E-state index in [1.54, 1.807) is 63.5 Å². The van der Waals surface area contributed by atoms with E-state index in [2.05, 4.69) is 5.48 Å². The third kappa shape index (κ3) is 8.71. The maximum Gasteiger partial charge on any atom is 0.144 e. The lowest BCUT2D eigenvalue weighted by atomic mass is 11.1. The number of hydroxylamine groups is 15. The van der Waals surface area contributed by atoms with Crippen LogP contribution in [0, 0.1) is 0 Å². The molecule has 0 heterocycles. The number of hydrogen-bond donors (Lipinski definition) is 1. The van der Waals surface area contributed by atoms with Gasteiger partial charge in [0.2, 0.25) is 0 Å². The fraction of sp³-hybridized carbons (Fsp3) is 1.00. The number of ether oxygens (including phenoxy) is 1. The van der Waals surface area contributed by atoms with Crippen LogP contribution in [-0.4, -0.2) is 89.7 Å². The van der Waals surface area contributed by atoms with E-state index in [1.807, 2.05) is 0 Å². The molecule has 0 fully saturated rings. The van der Waals surface area contributed by atoms with E-state index in [0.29, 0.717) is 6.73 Å². The first-order valence-electron chi connectivity index (χ1n) is 6.13. The summed E-state index contributed by atoms with van der Waals surface area (Å²) < 4.78 is 4.96.